The van der Waals surface area contributed by atoms with Gasteiger partial charge in [-0.2, -0.15) is 13.2 Å². The van der Waals surface area contributed by atoms with Gasteiger partial charge in [-0.3, -0.25) is 14.4 Å². The number of amides is 3. The molecule has 3 rings (SSSR count). The molecule has 0 bridgehead atoms. The van der Waals surface area contributed by atoms with Crippen molar-refractivity contribution < 1.29 is 27.6 Å². The van der Waals surface area contributed by atoms with Gasteiger partial charge in [-0.25, -0.2) is 4.99 Å². The molecule has 0 aromatic heterocycles. The minimum atomic E-state index is -4.50. The van der Waals surface area contributed by atoms with Crippen molar-refractivity contribution in [2.75, 3.05) is 11.9 Å². The molecule has 2 aromatic carbocycles. The first-order chi connectivity index (χ1) is 18.3. The highest BCUT2D eigenvalue weighted by Crippen LogP contribution is 2.31. The van der Waals surface area contributed by atoms with Crippen molar-refractivity contribution in [3.63, 3.8) is 0 Å². The van der Waals surface area contributed by atoms with E-state index >= 15 is 0 Å². The van der Waals surface area contributed by atoms with E-state index in [9.17, 15) is 27.6 Å². The first-order valence-electron chi connectivity index (χ1n) is 12.6. The first-order valence-corrected chi connectivity index (χ1v) is 12.6. The minimum Gasteiger partial charge on any atom is -0.370 e. The van der Waals surface area contributed by atoms with E-state index in [2.05, 4.69) is 23.8 Å². The van der Waals surface area contributed by atoms with Crippen LogP contribution < -0.4 is 16.0 Å². The van der Waals surface area contributed by atoms with Crippen molar-refractivity contribution in [3.05, 3.63) is 77.9 Å². The van der Waals surface area contributed by atoms with Crippen molar-refractivity contribution in [2.45, 2.75) is 52.4 Å². The Morgan fingerprint density at radius 1 is 1.15 bits per heavy atom. The third-order valence-corrected chi connectivity index (χ3v) is 5.97. The van der Waals surface area contributed by atoms with Gasteiger partial charge < -0.3 is 16.0 Å². The fraction of sp³-hybridized carbons (Fsp3) is 0.379. The van der Waals surface area contributed by atoms with Crippen LogP contribution in [0.4, 0.5) is 18.9 Å². The summed E-state index contributed by atoms with van der Waals surface area (Å²) in [5.41, 5.74) is 6.12. The first kappa shape index (κ1) is 31.3. The average molecular weight is 545 g/mol. The molecule has 0 fully saturated rings. The molecular formula is C29H35F3N4O3. The number of nitrogens with two attached hydrogens (primary N) is 1. The summed E-state index contributed by atoms with van der Waals surface area (Å²) in [4.78, 5) is 43.6. The van der Waals surface area contributed by atoms with E-state index in [1.54, 1.807) is 24.3 Å². The molecule has 0 radical (unpaired) electrons. The minimum absolute atomic E-state index is 0.0908. The number of carbonyl (C=O) groups is 3. The van der Waals surface area contributed by atoms with Crippen molar-refractivity contribution >= 4 is 29.1 Å². The molecule has 3 N–H and O–H groups in total. The van der Waals surface area contributed by atoms with Crippen LogP contribution in [0.25, 0.3) is 0 Å². The summed E-state index contributed by atoms with van der Waals surface area (Å²) in [6, 6.07) is 11.3. The van der Waals surface area contributed by atoms with Crippen LogP contribution >= 0.6 is 0 Å². The number of likely N-dealkylation sites (N-methyl/N-ethyl adjacent to an activating group) is 1. The zero-order valence-corrected chi connectivity index (χ0v) is 22.6. The predicted molar refractivity (Wildman–Crippen MR) is 146 cm³/mol. The zero-order chi connectivity index (χ0) is 29.3. The maximum absolute atomic E-state index is 13.2. The molecule has 3 amide bonds. The van der Waals surface area contributed by atoms with Gasteiger partial charge in [-0.15, -0.1) is 6.58 Å². The Balaban J connectivity index is 0.00000124. The number of allylic oxidation sites excluding steroid dienone is 1. The molecule has 0 aliphatic carbocycles. The van der Waals surface area contributed by atoms with Crippen LogP contribution in [0.5, 0.6) is 0 Å². The van der Waals surface area contributed by atoms with Gasteiger partial charge in [0.2, 0.25) is 18.0 Å². The normalized spacial score (nSPS) is 15.8. The number of nitrogens with zero attached hydrogens (tertiary/aromatic N) is 2. The van der Waals surface area contributed by atoms with Gasteiger partial charge >= 0.3 is 6.18 Å². The number of alkyl halides is 3. The lowest BCUT2D eigenvalue weighted by Crippen LogP contribution is -2.48. The largest absolute Gasteiger partial charge is 0.416 e. The molecule has 0 spiro atoms. The molecule has 0 saturated carbocycles. The van der Waals surface area contributed by atoms with Crippen molar-refractivity contribution in [1.82, 2.24) is 5.32 Å². The van der Waals surface area contributed by atoms with Crippen LogP contribution in [0, 0.1) is 11.8 Å². The number of nitrogens with one attached hydrogen (secondary N) is 1. The number of rotatable bonds is 8. The molecule has 7 nitrogen and oxygen atoms in total. The highest BCUT2D eigenvalue weighted by molar-refractivity contribution is 6.20. The molecule has 39 heavy (non-hydrogen) atoms. The lowest BCUT2D eigenvalue weighted by molar-refractivity contribution is -0.137. The Kier molecular flexibility index (Phi) is 11.0. The number of hydrogen-bond donors (Lipinski definition) is 2. The Morgan fingerprint density at radius 3 is 2.26 bits per heavy atom. The Labute approximate surface area is 227 Å². The molecule has 1 aliphatic heterocycles. The monoisotopic (exact) mass is 544 g/mol. The number of para-hydroxylation sites is 1. The number of hydrogen-bond acceptors (Lipinski definition) is 4. The van der Waals surface area contributed by atoms with Crippen LogP contribution in [0.3, 0.4) is 0 Å². The van der Waals surface area contributed by atoms with E-state index < -0.39 is 41.5 Å². The van der Waals surface area contributed by atoms with Gasteiger partial charge in [0, 0.05) is 30.5 Å². The van der Waals surface area contributed by atoms with Crippen LogP contribution in [-0.2, 0) is 20.6 Å². The van der Waals surface area contributed by atoms with Gasteiger partial charge in [-0.05, 0) is 37.0 Å². The molecule has 1 heterocycles. The standard InChI is InChI=1S/C25H27F3N4O3.C4H8/c1-14(2)12-16(13-20(29)33)23(34)31-22-24(35)32(3)19-7-5-4-6-18(19)21(30-22)15-8-10-17(11-9-15)25(26,27)28;1-3-4-2/h4-11,14,16,22H,12-13H2,1-3H3,(H2,29,33)(H,31,34);3H,1,4H2,2H3/t16-,22?;/m1./s1. The lowest BCUT2D eigenvalue weighted by Gasteiger charge is -2.23. The second-order valence-corrected chi connectivity index (χ2v) is 9.57. The summed E-state index contributed by atoms with van der Waals surface area (Å²) in [5.74, 6) is -2.38. The number of benzene rings is 2. The average Bonchev–Trinajstić information content (AvgIpc) is 2.98. The number of benzodiazepines with no additional fused rings is 1. The molecular weight excluding hydrogens is 509 g/mol. The third kappa shape index (κ3) is 8.53. The fourth-order valence-electron chi connectivity index (χ4n) is 4.01. The molecule has 2 atom stereocenters. The third-order valence-electron chi connectivity index (χ3n) is 5.97. The predicted octanol–water partition coefficient (Wildman–Crippen LogP) is 5.08. The van der Waals surface area contributed by atoms with E-state index in [0.717, 1.165) is 18.6 Å². The van der Waals surface area contributed by atoms with Gasteiger partial charge in [0.15, 0.2) is 0 Å². The molecule has 1 aliphatic rings. The number of primary amides is 1. The molecule has 0 saturated heterocycles. The number of fused-ring (bicyclic) bond motifs is 1. The Hall–Kier alpha value is -3.95. The van der Waals surface area contributed by atoms with E-state index in [-0.39, 0.29) is 18.1 Å². The van der Waals surface area contributed by atoms with Crippen LogP contribution in [-0.4, -0.2) is 36.6 Å². The quantitative estimate of drug-likeness (QED) is 0.453. The van der Waals surface area contributed by atoms with Crippen molar-refractivity contribution in [3.8, 4) is 0 Å². The SMILES string of the molecule is C=CCC.CC(C)C[C@H](CC(N)=O)C(=O)NC1N=C(c2ccc(C(F)(F)F)cc2)c2ccccc2N(C)C1=O. The van der Waals surface area contributed by atoms with E-state index in [1.165, 1.54) is 24.1 Å². The summed E-state index contributed by atoms with van der Waals surface area (Å²) in [7, 11) is 1.53. The Morgan fingerprint density at radius 2 is 1.74 bits per heavy atom. The molecule has 210 valence electrons. The van der Waals surface area contributed by atoms with E-state index in [4.69, 9.17) is 5.73 Å². The number of aliphatic imine (C=N–C) groups is 1. The van der Waals surface area contributed by atoms with E-state index in [1.807, 2.05) is 19.9 Å². The van der Waals surface area contributed by atoms with Crippen LogP contribution in [0.1, 0.15) is 56.7 Å². The summed E-state index contributed by atoms with van der Waals surface area (Å²) < 4.78 is 39.2. The number of halogens is 3. The second kappa shape index (κ2) is 13.7. The van der Waals surface area contributed by atoms with Crippen molar-refractivity contribution in [2.24, 2.45) is 22.6 Å². The van der Waals surface area contributed by atoms with Crippen LogP contribution in [0.15, 0.2) is 66.2 Å². The summed E-state index contributed by atoms with van der Waals surface area (Å²) in [6.07, 6.45) is -2.70. The highest BCUT2D eigenvalue weighted by atomic mass is 19.4. The van der Waals surface area contributed by atoms with Crippen LogP contribution in [0.2, 0.25) is 0 Å². The number of carbonyl (C=O) groups excluding carboxylic acids is 3. The van der Waals surface area contributed by atoms with E-state index in [0.29, 0.717) is 23.2 Å². The van der Waals surface area contributed by atoms with Gasteiger partial charge in [0.05, 0.1) is 17.0 Å². The summed E-state index contributed by atoms with van der Waals surface area (Å²) in [6.45, 7) is 9.33. The Bertz CT molecular complexity index is 1210. The lowest BCUT2D eigenvalue weighted by atomic mass is 9.93. The summed E-state index contributed by atoms with van der Waals surface area (Å²) in [5, 5.41) is 2.61. The highest BCUT2D eigenvalue weighted by Gasteiger charge is 2.34. The number of anilines is 1. The maximum atomic E-state index is 13.2. The fourth-order valence-corrected chi connectivity index (χ4v) is 4.01. The second-order valence-electron chi connectivity index (χ2n) is 9.57. The molecule has 2 aromatic rings. The van der Waals surface area contributed by atoms with Gasteiger partial charge in [0.1, 0.15) is 0 Å². The topological polar surface area (TPSA) is 105 Å². The molecule has 1 unspecified atom stereocenters. The summed E-state index contributed by atoms with van der Waals surface area (Å²) >= 11 is 0. The maximum Gasteiger partial charge on any atom is 0.416 e. The molecule has 10 heteroatoms. The van der Waals surface area contributed by atoms with Gasteiger partial charge in [-0.1, -0.05) is 57.2 Å². The zero-order valence-electron chi connectivity index (χ0n) is 22.6. The smallest absolute Gasteiger partial charge is 0.370 e. The van der Waals surface area contributed by atoms with Gasteiger partial charge in [0.25, 0.3) is 5.91 Å². The van der Waals surface area contributed by atoms with Crippen molar-refractivity contribution in [1.29, 1.82) is 0 Å².